The van der Waals surface area contributed by atoms with Crippen LogP contribution >= 0.6 is 0 Å². The quantitative estimate of drug-likeness (QED) is 0.749. The molecular weight excluding hydrogens is 261 g/mol. The fourth-order valence-corrected chi connectivity index (χ4v) is 1.72. The third-order valence-electron chi connectivity index (χ3n) is 3.01. The molecule has 0 radical (unpaired) electrons. The fourth-order valence-electron chi connectivity index (χ4n) is 1.72. The van der Waals surface area contributed by atoms with E-state index in [-0.39, 0.29) is 36.2 Å². The Kier molecular flexibility index (Phi) is 6.31. The molecule has 5 heteroatoms. The minimum absolute atomic E-state index is 0.00193. The SMILES string of the molecule is CC(CO)CNC(=O)CC(C)C(=O)c1cccc(F)c1. The third-order valence-corrected chi connectivity index (χ3v) is 3.01. The Labute approximate surface area is 118 Å². The first kappa shape index (κ1) is 16.3. The van der Waals surface area contributed by atoms with E-state index in [0.717, 1.165) is 0 Å². The van der Waals surface area contributed by atoms with Gasteiger partial charge in [0.15, 0.2) is 5.78 Å². The molecule has 0 aliphatic heterocycles. The van der Waals surface area contributed by atoms with Gasteiger partial charge in [-0.25, -0.2) is 4.39 Å². The monoisotopic (exact) mass is 281 g/mol. The van der Waals surface area contributed by atoms with Crippen molar-refractivity contribution >= 4 is 11.7 Å². The molecule has 2 atom stereocenters. The molecule has 1 aromatic rings. The molecule has 0 aromatic heterocycles. The Morgan fingerprint density at radius 2 is 2.05 bits per heavy atom. The molecule has 1 amide bonds. The molecule has 110 valence electrons. The number of rotatable bonds is 7. The van der Waals surface area contributed by atoms with Crippen molar-refractivity contribution in [2.45, 2.75) is 20.3 Å². The summed E-state index contributed by atoms with van der Waals surface area (Å²) < 4.78 is 13.0. The predicted octanol–water partition coefficient (Wildman–Crippen LogP) is 1.78. The second-order valence-corrected chi connectivity index (χ2v) is 5.07. The molecule has 0 saturated carbocycles. The molecule has 0 aliphatic carbocycles. The first-order valence-corrected chi connectivity index (χ1v) is 6.61. The molecule has 0 bridgehead atoms. The van der Waals surface area contributed by atoms with E-state index >= 15 is 0 Å². The van der Waals surface area contributed by atoms with Crippen LogP contribution in [0.1, 0.15) is 30.6 Å². The van der Waals surface area contributed by atoms with Crippen molar-refractivity contribution in [2.75, 3.05) is 13.2 Å². The zero-order valence-electron chi connectivity index (χ0n) is 11.7. The summed E-state index contributed by atoms with van der Waals surface area (Å²) in [6.07, 6.45) is 0.0491. The van der Waals surface area contributed by atoms with Gasteiger partial charge in [0.1, 0.15) is 5.82 Å². The lowest BCUT2D eigenvalue weighted by Gasteiger charge is -2.13. The summed E-state index contributed by atoms with van der Waals surface area (Å²) in [5.74, 6) is -1.50. The topological polar surface area (TPSA) is 66.4 Å². The zero-order valence-corrected chi connectivity index (χ0v) is 11.7. The van der Waals surface area contributed by atoms with Gasteiger partial charge < -0.3 is 10.4 Å². The third kappa shape index (κ3) is 5.09. The molecule has 0 saturated heterocycles. The Morgan fingerprint density at radius 3 is 2.65 bits per heavy atom. The van der Waals surface area contributed by atoms with Crippen LogP contribution in [0.3, 0.4) is 0 Å². The average Bonchev–Trinajstić information content (AvgIpc) is 2.43. The van der Waals surface area contributed by atoms with Gasteiger partial charge in [0, 0.05) is 31.1 Å². The normalized spacial score (nSPS) is 13.6. The van der Waals surface area contributed by atoms with E-state index in [1.54, 1.807) is 6.92 Å². The second kappa shape index (κ2) is 7.75. The Bertz CT molecular complexity index is 476. The van der Waals surface area contributed by atoms with Crippen LogP contribution in [0, 0.1) is 17.7 Å². The van der Waals surface area contributed by atoms with Gasteiger partial charge in [-0.1, -0.05) is 26.0 Å². The maximum absolute atomic E-state index is 13.0. The standard InChI is InChI=1S/C15H20FNO3/c1-10(9-18)8-17-14(19)6-11(2)15(20)12-4-3-5-13(16)7-12/h3-5,7,10-11,18H,6,8-9H2,1-2H3,(H,17,19). The number of carbonyl (C=O) groups is 2. The molecule has 1 aromatic carbocycles. The second-order valence-electron chi connectivity index (χ2n) is 5.07. The van der Waals surface area contributed by atoms with Crippen LogP contribution in [-0.2, 0) is 4.79 Å². The molecule has 2 unspecified atom stereocenters. The summed E-state index contributed by atoms with van der Waals surface area (Å²) in [4.78, 5) is 23.7. The molecular formula is C15H20FNO3. The highest BCUT2D eigenvalue weighted by molar-refractivity contribution is 5.99. The maximum atomic E-state index is 13.0. The number of carbonyl (C=O) groups excluding carboxylic acids is 2. The van der Waals surface area contributed by atoms with Crippen LogP contribution in [0.2, 0.25) is 0 Å². The molecule has 0 fully saturated rings. The summed E-state index contributed by atoms with van der Waals surface area (Å²) in [5.41, 5.74) is 0.272. The number of halogens is 1. The highest BCUT2D eigenvalue weighted by Gasteiger charge is 2.19. The van der Waals surface area contributed by atoms with Crippen LogP contribution < -0.4 is 5.32 Å². The molecule has 0 aliphatic rings. The molecule has 1 rings (SSSR count). The zero-order chi connectivity index (χ0) is 15.1. The summed E-state index contributed by atoms with van der Waals surface area (Å²) in [5, 5.41) is 11.5. The fraction of sp³-hybridized carbons (Fsp3) is 0.467. The number of nitrogens with one attached hydrogen (secondary N) is 1. The smallest absolute Gasteiger partial charge is 0.220 e. The van der Waals surface area contributed by atoms with Crippen LogP contribution in [-0.4, -0.2) is 29.9 Å². The minimum Gasteiger partial charge on any atom is -0.396 e. The molecule has 0 heterocycles. The van der Waals surface area contributed by atoms with Gasteiger partial charge in [-0.15, -0.1) is 0 Å². The van der Waals surface area contributed by atoms with Gasteiger partial charge >= 0.3 is 0 Å². The largest absolute Gasteiger partial charge is 0.396 e. The number of hydrogen-bond donors (Lipinski definition) is 2. The van der Waals surface area contributed by atoms with Gasteiger partial charge in [0.25, 0.3) is 0 Å². The van der Waals surface area contributed by atoms with Crippen molar-refractivity contribution in [1.29, 1.82) is 0 Å². The van der Waals surface area contributed by atoms with Crippen LogP contribution in [0.5, 0.6) is 0 Å². The van der Waals surface area contributed by atoms with E-state index in [1.807, 2.05) is 6.92 Å². The number of hydrogen-bond acceptors (Lipinski definition) is 3. The van der Waals surface area contributed by atoms with Crippen molar-refractivity contribution in [2.24, 2.45) is 11.8 Å². The summed E-state index contributed by atoms with van der Waals surface area (Å²) in [7, 11) is 0. The van der Waals surface area contributed by atoms with Crippen molar-refractivity contribution in [3.05, 3.63) is 35.6 Å². The average molecular weight is 281 g/mol. The number of Topliss-reactive ketones (excluding diaryl/α,β-unsaturated/α-hetero) is 1. The van der Waals surface area contributed by atoms with Gasteiger partial charge in [-0.05, 0) is 18.1 Å². The molecule has 20 heavy (non-hydrogen) atoms. The highest BCUT2D eigenvalue weighted by Crippen LogP contribution is 2.13. The lowest BCUT2D eigenvalue weighted by atomic mass is 9.96. The van der Waals surface area contributed by atoms with E-state index in [1.165, 1.54) is 24.3 Å². The summed E-state index contributed by atoms with van der Waals surface area (Å²) >= 11 is 0. The summed E-state index contributed by atoms with van der Waals surface area (Å²) in [6.45, 7) is 3.82. The van der Waals surface area contributed by atoms with Gasteiger partial charge in [-0.2, -0.15) is 0 Å². The highest BCUT2D eigenvalue weighted by atomic mass is 19.1. The van der Waals surface area contributed by atoms with E-state index < -0.39 is 11.7 Å². The van der Waals surface area contributed by atoms with Crippen LogP contribution in [0.15, 0.2) is 24.3 Å². The van der Waals surface area contributed by atoms with E-state index in [2.05, 4.69) is 5.32 Å². The predicted molar refractivity (Wildman–Crippen MR) is 73.8 cm³/mol. The van der Waals surface area contributed by atoms with Crippen LogP contribution in [0.25, 0.3) is 0 Å². The molecule has 2 N–H and O–H groups in total. The van der Waals surface area contributed by atoms with Gasteiger partial charge in [0.05, 0.1) is 0 Å². The Morgan fingerprint density at radius 1 is 1.35 bits per heavy atom. The van der Waals surface area contributed by atoms with Crippen molar-refractivity contribution in [3.63, 3.8) is 0 Å². The number of ketones is 1. The van der Waals surface area contributed by atoms with Crippen molar-refractivity contribution in [1.82, 2.24) is 5.32 Å². The minimum atomic E-state index is -0.513. The van der Waals surface area contributed by atoms with Crippen LogP contribution in [0.4, 0.5) is 4.39 Å². The number of benzene rings is 1. The van der Waals surface area contributed by atoms with Gasteiger partial charge in [0.2, 0.25) is 5.91 Å². The van der Waals surface area contributed by atoms with Crippen molar-refractivity contribution in [3.8, 4) is 0 Å². The summed E-state index contributed by atoms with van der Waals surface area (Å²) in [6, 6.07) is 5.45. The number of aliphatic hydroxyl groups excluding tert-OH is 1. The molecule has 4 nitrogen and oxygen atoms in total. The van der Waals surface area contributed by atoms with E-state index in [4.69, 9.17) is 5.11 Å². The van der Waals surface area contributed by atoms with E-state index in [0.29, 0.717) is 6.54 Å². The Balaban J connectivity index is 2.51. The first-order valence-electron chi connectivity index (χ1n) is 6.61. The van der Waals surface area contributed by atoms with Crippen molar-refractivity contribution < 1.29 is 19.1 Å². The Hall–Kier alpha value is -1.75. The maximum Gasteiger partial charge on any atom is 0.220 e. The number of amides is 1. The lowest BCUT2D eigenvalue weighted by Crippen LogP contribution is -2.31. The first-order chi connectivity index (χ1) is 9.43. The number of aliphatic hydroxyl groups is 1. The van der Waals surface area contributed by atoms with E-state index in [9.17, 15) is 14.0 Å². The lowest BCUT2D eigenvalue weighted by molar-refractivity contribution is -0.121. The van der Waals surface area contributed by atoms with Gasteiger partial charge in [-0.3, -0.25) is 9.59 Å². The molecule has 0 spiro atoms.